The molecule has 0 spiro atoms. The number of amides is 1. The van der Waals surface area contributed by atoms with Crippen LogP contribution in [0, 0.1) is 17.1 Å². The number of carbonyl (C=O) groups excluding carboxylic acids is 1. The van der Waals surface area contributed by atoms with Gasteiger partial charge in [-0.25, -0.2) is 4.39 Å². The van der Waals surface area contributed by atoms with Crippen LogP contribution in [0.1, 0.15) is 25.0 Å². The topological polar surface area (TPSA) is 65.4 Å². The molecule has 2 rings (SSSR count). The quantitative estimate of drug-likeness (QED) is 0.825. The number of benzene rings is 2. The molecule has 2 aromatic rings. The molecule has 1 atom stereocenters. The minimum atomic E-state index is -0.421. The van der Waals surface area contributed by atoms with Crippen molar-refractivity contribution in [1.29, 1.82) is 5.26 Å². The standard InChI is InChI=1S/C20H22FN3O2/c1-4-24(13-16-7-10-19(26-3)18(21)11-16)14(2)20(25)23-17-8-5-15(12-22)6-9-17/h5-11,14H,4,13H2,1-3H3,(H,23,25)/t14-/m0/s1. The van der Waals surface area contributed by atoms with Crippen LogP contribution in [0.2, 0.25) is 0 Å². The van der Waals surface area contributed by atoms with Crippen molar-refractivity contribution in [3.05, 3.63) is 59.4 Å². The summed E-state index contributed by atoms with van der Waals surface area (Å²) in [6, 6.07) is 13.1. The van der Waals surface area contributed by atoms with Gasteiger partial charge in [0.1, 0.15) is 0 Å². The first-order chi connectivity index (χ1) is 12.5. The summed E-state index contributed by atoms with van der Waals surface area (Å²) in [5.41, 5.74) is 1.93. The second kappa shape index (κ2) is 8.97. The number of nitrogens with zero attached hydrogens (tertiary/aromatic N) is 2. The number of hydrogen-bond acceptors (Lipinski definition) is 4. The number of hydrogen-bond donors (Lipinski definition) is 1. The minimum absolute atomic E-state index is 0.162. The molecule has 1 N–H and O–H groups in total. The molecule has 0 aliphatic rings. The zero-order chi connectivity index (χ0) is 19.1. The van der Waals surface area contributed by atoms with Gasteiger partial charge in [0.2, 0.25) is 5.91 Å². The Bertz CT molecular complexity index is 800. The summed E-state index contributed by atoms with van der Waals surface area (Å²) in [4.78, 5) is 14.5. The largest absolute Gasteiger partial charge is 0.494 e. The Morgan fingerprint density at radius 2 is 2.00 bits per heavy atom. The van der Waals surface area contributed by atoms with Crippen molar-refractivity contribution >= 4 is 11.6 Å². The van der Waals surface area contributed by atoms with Gasteiger partial charge < -0.3 is 10.1 Å². The Balaban J connectivity index is 2.04. The van der Waals surface area contributed by atoms with Gasteiger partial charge >= 0.3 is 0 Å². The molecule has 6 heteroatoms. The lowest BCUT2D eigenvalue weighted by atomic mass is 10.1. The van der Waals surface area contributed by atoms with E-state index in [1.165, 1.54) is 13.2 Å². The normalized spacial score (nSPS) is 11.7. The summed E-state index contributed by atoms with van der Waals surface area (Å²) in [7, 11) is 1.42. The maximum absolute atomic E-state index is 13.9. The second-order valence-electron chi connectivity index (χ2n) is 5.89. The molecule has 0 radical (unpaired) electrons. The first-order valence-electron chi connectivity index (χ1n) is 8.36. The molecule has 26 heavy (non-hydrogen) atoms. The smallest absolute Gasteiger partial charge is 0.241 e. The third-order valence-corrected chi connectivity index (χ3v) is 4.22. The Kier molecular flexibility index (Phi) is 6.70. The molecule has 5 nitrogen and oxygen atoms in total. The fraction of sp³-hybridized carbons (Fsp3) is 0.300. The van der Waals surface area contributed by atoms with E-state index in [4.69, 9.17) is 10.00 Å². The molecule has 0 unspecified atom stereocenters. The summed E-state index contributed by atoms with van der Waals surface area (Å²) in [6.45, 7) is 4.84. The van der Waals surface area contributed by atoms with Gasteiger partial charge in [-0.3, -0.25) is 9.69 Å². The van der Waals surface area contributed by atoms with Gasteiger partial charge in [0.25, 0.3) is 0 Å². The van der Waals surface area contributed by atoms with Crippen LogP contribution in [-0.4, -0.2) is 30.5 Å². The summed E-state index contributed by atoms with van der Waals surface area (Å²) < 4.78 is 18.8. The van der Waals surface area contributed by atoms with E-state index >= 15 is 0 Å². The van der Waals surface area contributed by atoms with Crippen molar-refractivity contribution in [3.8, 4) is 11.8 Å². The second-order valence-corrected chi connectivity index (χ2v) is 5.89. The Morgan fingerprint density at radius 1 is 1.31 bits per heavy atom. The van der Waals surface area contributed by atoms with Gasteiger partial charge in [0.05, 0.1) is 24.8 Å². The van der Waals surface area contributed by atoms with Crippen LogP contribution in [0.15, 0.2) is 42.5 Å². The SMILES string of the molecule is CCN(Cc1ccc(OC)c(F)c1)[C@@H](C)C(=O)Nc1ccc(C#N)cc1. The Hall–Kier alpha value is -2.91. The highest BCUT2D eigenvalue weighted by atomic mass is 19.1. The molecule has 0 aliphatic heterocycles. The van der Waals surface area contributed by atoms with Crippen molar-refractivity contribution in [2.45, 2.75) is 26.4 Å². The number of methoxy groups -OCH3 is 1. The van der Waals surface area contributed by atoms with Crippen LogP contribution in [0.5, 0.6) is 5.75 Å². The van der Waals surface area contributed by atoms with Crippen molar-refractivity contribution < 1.29 is 13.9 Å². The van der Waals surface area contributed by atoms with Crippen LogP contribution in [-0.2, 0) is 11.3 Å². The number of carbonyl (C=O) groups is 1. The first-order valence-corrected chi connectivity index (χ1v) is 8.36. The third kappa shape index (κ3) is 4.80. The highest BCUT2D eigenvalue weighted by Gasteiger charge is 2.20. The Labute approximate surface area is 153 Å². The predicted octanol–water partition coefficient (Wildman–Crippen LogP) is 3.56. The first kappa shape index (κ1) is 19.4. The van der Waals surface area contributed by atoms with Crippen LogP contribution in [0.4, 0.5) is 10.1 Å². The fourth-order valence-electron chi connectivity index (χ4n) is 2.61. The maximum Gasteiger partial charge on any atom is 0.241 e. The van der Waals surface area contributed by atoms with Crippen LogP contribution >= 0.6 is 0 Å². The van der Waals surface area contributed by atoms with Crippen LogP contribution in [0.3, 0.4) is 0 Å². The highest BCUT2D eigenvalue weighted by Crippen LogP contribution is 2.19. The van der Waals surface area contributed by atoms with Gasteiger partial charge in [-0.1, -0.05) is 13.0 Å². The molecule has 0 saturated heterocycles. The summed E-state index contributed by atoms with van der Waals surface area (Å²) >= 11 is 0. The number of anilines is 1. The highest BCUT2D eigenvalue weighted by molar-refractivity contribution is 5.94. The summed E-state index contributed by atoms with van der Waals surface area (Å²) in [5, 5.41) is 11.7. The van der Waals surface area contributed by atoms with E-state index in [1.807, 2.05) is 24.8 Å². The van der Waals surface area contributed by atoms with Gasteiger partial charge in [-0.2, -0.15) is 5.26 Å². The number of nitriles is 1. The lowest BCUT2D eigenvalue weighted by Crippen LogP contribution is -2.41. The molecule has 0 fully saturated rings. The monoisotopic (exact) mass is 355 g/mol. The molecule has 0 saturated carbocycles. The molecule has 136 valence electrons. The van der Waals surface area contributed by atoms with Crippen molar-refractivity contribution in [2.24, 2.45) is 0 Å². The van der Waals surface area contributed by atoms with E-state index in [-0.39, 0.29) is 11.7 Å². The number of rotatable bonds is 7. The molecular formula is C20H22FN3O2. The lowest BCUT2D eigenvalue weighted by Gasteiger charge is -2.27. The molecule has 0 heterocycles. The minimum Gasteiger partial charge on any atom is -0.494 e. The van der Waals surface area contributed by atoms with Crippen LogP contribution < -0.4 is 10.1 Å². The molecular weight excluding hydrogens is 333 g/mol. The average Bonchev–Trinajstić information content (AvgIpc) is 2.66. The number of likely N-dealkylation sites (N-methyl/N-ethyl adjacent to an activating group) is 1. The third-order valence-electron chi connectivity index (χ3n) is 4.22. The summed E-state index contributed by atoms with van der Waals surface area (Å²) in [5.74, 6) is -0.385. The molecule has 0 aromatic heterocycles. The van der Waals surface area contributed by atoms with E-state index < -0.39 is 11.9 Å². The maximum atomic E-state index is 13.9. The fourth-order valence-corrected chi connectivity index (χ4v) is 2.61. The molecule has 2 aromatic carbocycles. The summed E-state index contributed by atoms with van der Waals surface area (Å²) in [6.07, 6.45) is 0. The molecule has 0 aliphatic carbocycles. The zero-order valence-electron chi connectivity index (χ0n) is 15.1. The number of nitrogens with one attached hydrogen (secondary N) is 1. The van der Waals surface area contributed by atoms with Gasteiger partial charge in [-0.05, 0) is 55.4 Å². The number of ether oxygens (including phenoxy) is 1. The van der Waals surface area contributed by atoms with E-state index in [1.54, 1.807) is 36.4 Å². The van der Waals surface area contributed by atoms with Crippen LogP contribution in [0.25, 0.3) is 0 Å². The zero-order valence-corrected chi connectivity index (χ0v) is 15.1. The van der Waals surface area contributed by atoms with E-state index in [0.717, 1.165) is 5.56 Å². The van der Waals surface area contributed by atoms with Crippen molar-refractivity contribution in [3.63, 3.8) is 0 Å². The van der Waals surface area contributed by atoms with E-state index in [9.17, 15) is 9.18 Å². The Morgan fingerprint density at radius 3 is 2.54 bits per heavy atom. The van der Waals surface area contributed by atoms with Crippen molar-refractivity contribution in [2.75, 3.05) is 19.0 Å². The average molecular weight is 355 g/mol. The van der Waals surface area contributed by atoms with E-state index in [0.29, 0.717) is 24.3 Å². The predicted molar refractivity (Wildman–Crippen MR) is 98.3 cm³/mol. The van der Waals surface area contributed by atoms with Gasteiger partial charge in [-0.15, -0.1) is 0 Å². The van der Waals surface area contributed by atoms with Gasteiger partial charge in [0.15, 0.2) is 11.6 Å². The number of halogens is 1. The van der Waals surface area contributed by atoms with Gasteiger partial charge in [0, 0.05) is 12.2 Å². The molecule has 1 amide bonds. The van der Waals surface area contributed by atoms with Crippen molar-refractivity contribution in [1.82, 2.24) is 4.90 Å². The van der Waals surface area contributed by atoms with E-state index in [2.05, 4.69) is 5.32 Å². The lowest BCUT2D eigenvalue weighted by molar-refractivity contribution is -0.120. The molecule has 0 bridgehead atoms.